The predicted molar refractivity (Wildman–Crippen MR) is 54.3 cm³/mol. The quantitative estimate of drug-likeness (QED) is 0.814. The number of ether oxygens (including phenoxy) is 1. The fraction of sp³-hybridized carbons (Fsp3) is 0.455. The van der Waals surface area contributed by atoms with Crippen molar-refractivity contribution in [3.05, 3.63) is 35.1 Å². The van der Waals surface area contributed by atoms with Gasteiger partial charge in [-0.15, -0.1) is 0 Å². The molecule has 0 heterocycles. The number of hydrogen-bond donors (Lipinski definition) is 1. The summed E-state index contributed by atoms with van der Waals surface area (Å²) in [4.78, 5) is 0. The first-order valence-electron chi connectivity index (χ1n) is 4.75. The molecule has 1 unspecified atom stereocenters. The maximum atomic E-state index is 13.4. The lowest BCUT2D eigenvalue weighted by molar-refractivity contribution is -0.00108. The van der Waals surface area contributed by atoms with Gasteiger partial charge in [-0.2, -0.15) is 0 Å². The molecule has 0 radical (unpaired) electrons. The van der Waals surface area contributed by atoms with E-state index >= 15 is 0 Å². The number of methoxy groups -OCH3 is 1. The van der Waals surface area contributed by atoms with E-state index in [1.807, 2.05) is 0 Å². The number of benzene rings is 1. The minimum Gasteiger partial charge on any atom is -0.377 e. The van der Waals surface area contributed by atoms with Crippen LogP contribution in [0, 0.1) is 17.5 Å². The Hall–Kier alpha value is -1.07. The zero-order valence-electron chi connectivity index (χ0n) is 9.35. The molecule has 0 saturated carbocycles. The van der Waals surface area contributed by atoms with Crippen molar-refractivity contribution in [2.45, 2.75) is 25.5 Å². The van der Waals surface area contributed by atoms with Gasteiger partial charge in [0.05, 0.1) is 11.6 Å². The number of nitrogens with two attached hydrogens (primary N) is 1. The number of rotatable bonds is 3. The molecule has 90 valence electrons. The van der Waals surface area contributed by atoms with Crippen LogP contribution < -0.4 is 5.73 Å². The number of hydrogen-bond acceptors (Lipinski definition) is 2. The lowest BCUT2D eigenvalue weighted by atomic mass is 9.92. The van der Waals surface area contributed by atoms with E-state index in [0.29, 0.717) is 0 Å². The van der Waals surface area contributed by atoms with E-state index in [-0.39, 0.29) is 5.56 Å². The second-order valence-corrected chi connectivity index (χ2v) is 4.05. The van der Waals surface area contributed by atoms with E-state index in [9.17, 15) is 13.2 Å². The minimum atomic E-state index is -1.51. The lowest BCUT2D eigenvalue weighted by Crippen LogP contribution is -2.38. The van der Waals surface area contributed by atoms with E-state index < -0.39 is 29.1 Å². The molecule has 2 nitrogen and oxygen atoms in total. The molecular formula is C11H14F3NO. The molecular weight excluding hydrogens is 219 g/mol. The van der Waals surface area contributed by atoms with E-state index in [2.05, 4.69) is 0 Å². The molecule has 0 fully saturated rings. The van der Waals surface area contributed by atoms with Crippen molar-refractivity contribution in [3.63, 3.8) is 0 Å². The molecule has 1 rings (SSSR count). The third kappa shape index (κ3) is 2.20. The zero-order chi connectivity index (χ0) is 12.5. The summed E-state index contributed by atoms with van der Waals surface area (Å²) in [5.74, 6) is -4.01. The van der Waals surface area contributed by atoms with Gasteiger partial charge >= 0.3 is 0 Å². The molecule has 1 aromatic rings. The summed E-state index contributed by atoms with van der Waals surface area (Å²) >= 11 is 0. The summed E-state index contributed by atoms with van der Waals surface area (Å²) < 4.78 is 44.2. The van der Waals surface area contributed by atoms with Crippen molar-refractivity contribution in [1.82, 2.24) is 0 Å². The Morgan fingerprint density at radius 1 is 1.19 bits per heavy atom. The summed E-state index contributed by atoms with van der Waals surface area (Å²) in [7, 11) is 1.41. The van der Waals surface area contributed by atoms with Crippen LogP contribution in [0.3, 0.4) is 0 Å². The molecule has 16 heavy (non-hydrogen) atoms. The molecule has 2 N–H and O–H groups in total. The molecule has 5 heteroatoms. The van der Waals surface area contributed by atoms with Crippen LogP contribution in [0.5, 0.6) is 0 Å². The van der Waals surface area contributed by atoms with E-state index in [0.717, 1.165) is 12.1 Å². The zero-order valence-corrected chi connectivity index (χ0v) is 9.35. The molecule has 0 aliphatic rings. The van der Waals surface area contributed by atoms with Crippen molar-refractivity contribution in [3.8, 4) is 0 Å². The number of halogens is 3. The third-order valence-corrected chi connectivity index (χ3v) is 2.68. The second-order valence-electron chi connectivity index (χ2n) is 4.05. The van der Waals surface area contributed by atoms with Gasteiger partial charge in [0, 0.05) is 12.7 Å². The fourth-order valence-electron chi connectivity index (χ4n) is 1.28. The highest BCUT2D eigenvalue weighted by Gasteiger charge is 2.31. The maximum absolute atomic E-state index is 13.4. The Bertz CT molecular complexity index is 393. The molecule has 0 saturated heterocycles. The Kier molecular flexibility index (Phi) is 3.60. The molecule has 0 spiro atoms. The van der Waals surface area contributed by atoms with Crippen molar-refractivity contribution in [2.24, 2.45) is 5.73 Å². The lowest BCUT2D eigenvalue weighted by Gasteiger charge is -2.30. The van der Waals surface area contributed by atoms with Gasteiger partial charge < -0.3 is 10.5 Å². The van der Waals surface area contributed by atoms with Crippen LogP contribution >= 0.6 is 0 Å². The Labute approximate surface area is 92.2 Å². The van der Waals surface area contributed by atoms with Gasteiger partial charge in [0.2, 0.25) is 0 Å². The monoisotopic (exact) mass is 233 g/mol. The average molecular weight is 233 g/mol. The van der Waals surface area contributed by atoms with Crippen LogP contribution in [0.1, 0.15) is 25.5 Å². The van der Waals surface area contributed by atoms with Crippen molar-refractivity contribution < 1.29 is 17.9 Å². The van der Waals surface area contributed by atoms with Crippen LogP contribution in [0.2, 0.25) is 0 Å². The van der Waals surface area contributed by atoms with E-state index in [1.165, 1.54) is 7.11 Å². The molecule has 1 atom stereocenters. The summed E-state index contributed by atoms with van der Waals surface area (Å²) in [6.07, 6.45) is 0. The van der Waals surface area contributed by atoms with Gasteiger partial charge in [-0.25, -0.2) is 13.2 Å². The van der Waals surface area contributed by atoms with Crippen LogP contribution in [0.15, 0.2) is 12.1 Å². The molecule has 0 aliphatic heterocycles. The summed E-state index contributed by atoms with van der Waals surface area (Å²) in [6, 6.07) is 1.09. The fourth-order valence-corrected chi connectivity index (χ4v) is 1.28. The maximum Gasteiger partial charge on any atom is 0.194 e. The van der Waals surface area contributed by atoms with Gasteiger partial charge in [0.1, 0.15) is 0 Å². The molecule has 0 amide bonds. The minimum absolute atomic E-state index is 0.106. The van der Waals surface area contributed by atoms with Crippen LogP contribution in [0.25, 0.3) is 0 Å². The first-order valence-corrected chi connectivity index (χ1v) is 4.75. The molecule has 0 aliphatic carbocycles. The van der Waals surface area contributed by atoms with Crippen LogP contribution in [0.4, 0.5) is 13.2 Å². The largest absolute Gasteiger partial charge is 0.377 e. The highest BCUT2D eigenvalue weighted by Crippen LogP contribution is 2.29. The van der Waals surface area contributed by atoms with Gasteiger partial charge in [-0.3, -0.25) is 0 Å². The second kappa shape index (κ2) is 4.43. The van der Waals surface area contributed by atoms with Gasteiger partial charge in [-0.05, 0) is 19.9 Å². The molecule has 1 aromatic carbocycles. The Morgan fingerprint density at radius 2 is 1.75 bits per heavy atom. The topological polar surface area (TPSA) is 35.2 Å². The van der Waals surface area contributed by atoms with Crippen LogP contribution in [-0.4, -0.2) is 12.7 Å². The van der Waals surface area contributed by atoms with Crippen molar-refractivity contribution in [2.75, 3.05) is 7.11 Å². The normalized spacial score (nSPS) is 13.9. The third-order valence-electron chi connectivity index (χ3n) is 2.68. The summed E-state index contributed by atoms with van der Waals surface area (Å²) in [5, 5.41) is 0. The first-order chi connectivity index (χ1) is 7.31. The average Bonchev–Trinajstić information content (AvgIpc) is 2.25. The molecule has 0 bridgehead atoms. The van der Waals surface area contributed by atoms with Gasteiger partial charge in [-0.1, -0.05) is 6.07 Å². The van der Waals surface area contributed by atoms with Crippen LogP contribution in [-0.2, 0) is 4.74 Å². The van der Waals surface area contributed by atoms with Crippen molar-refractivity contribution >= 4 is 0 Å². The summed E-state index contributed by atoms with van der Waals surface area (Å²) in [5.41, 5.74) is 4.77. The van der Waals surface area contributed by atoms with E-state index in [1.54, 1.807) is 13.8 Å². The highest BCUT2D eigenvalue weighted by atomic mass is 19.2. The molecule has 0 aromatic heterocycles. The standard InChI is InChI=1S/C11H14F3NO/c1-11(2,16-3)10(15)6-4-5-7(12)9(14)8(6)13/h4-5,10H,15H2,1-3H3. The smallest absolute Gasteiger partial charge is 0.194 e. The van der Waals surface area contributed by atoms with Crippen molar-refractivity contribution in [1.29, 1.82) is 0 Å². The summed E-state index contributed by atoms with van der Waals surface area (Å²) in [6.45, 7) is 3.27. The highest BCUT2D eigenvalue weighted by molar-refractivity contribution is 5.25. The first kappa shape index (κ1) is 13.0. The SMILES string of the molecule is COC(C)(C)C(N)c1ccc(F)c(F)c1F. The van der Waals surface area contributed by atoms with E-state index in [4.69, 9.17) is 10.5 Å². The van der Waals surface area contributed by atoms with Gasteiger partial charge in [0.25, 0.3) is 0 Å². The Morgan fingerprint density at radius 3 is 2.25 bits per heavy atom. The predicted octanol–water partition coefficient (Wildman–Crippen LogP) is 2.53. The Balaban J connectivity index is 3.20. The van der Waals surface area contributed by atoms with Gasteiger partial charge in [0.15, 0.2) is 17.5 Å².